The largest absolute Gasteiger partial charge is 0.339 e. The molecule has 21 heavy (non-hydrogen) atoms. The van der Waals surface area contributed by atoms with Crippen LogP contribution in [0, 0.1) is 13.8 Å². The van der Waals surface area contributed by atoms with Crippen LogP contribution < -0.4 is 5.73 Å². The number of rotatable bonds is 2. The highest BCUT2D eigenvalue weighted by atomic mass is 16.5. The molecule has 2 heterocycles. The Morgan fingerprint density at radius 3 is 2.81 bits per heavy atom. The van der Waals surface area contributed by atoms with Gasteiger partial charge in [-0.3, -0.25) is 4.98 Å². The maximum atomic E-state index is 6.27. The Kier molecular flexibility index (Phi) is 4.01. The first kappa shape index (κ1) is 14.2. The number of hydrogen-bond acceptors (Lipinski definition) is 5. The van der Waals surface area contributed by atoms with E-state index in [2.05, 4.69) is 21.2 Å². The molecule has 2 atom stereocenters. The SMILES string of the molecule is Cc1cnc(-c2noc(C3CCCCCC3N)n2)c(C)c1. The van der Waals surface area contributed by atoms with Crippen LogP contribution in [-0.4, -0.2) is 21.2 Å². The first-order chi connectivity index (χ1) is 10.1. The van der Waals surface area contributed by atoms with Crippen molar-refractivity contribution in [1.29, 1.82) is 0 Å². The highest BCUT2D eigenvalue weighted by Crippen LogP contribution is 2.31. The number of hydrogen-bond donors (Lipinski definition) is 1. The highest BCUT2D eigenvalue weighted by molar-refractivity contribution is 5.54. The standard InChI is InChI=1S/C16H22N4O/c1-10-8-11(2)14(18-9-10)15-19-16(21-20-15)12-6-4-3-5-7-13(12)17/h8-9,12-13H,3-7,17H2,1-2H3. The lowest BCUT2D eigenvalue weighted by molar-refractivity contribution is 0.326. The van der Waals surface area contributed by atoms with Gasteiger partial charge in [0, 0.05) is 12.2 Å². The molecule has 5 nitrogen and oxygen atoms in total. The Hall–Kier alpha value is -1.75. The Morgan fingerprint density at radius 2 is 2.00 bits per heavy atom. The monoisotopic (exact) mass is 286 g/mol. The van der Waals surface area contributed by atoms with E-state index in [4.69, 9.17) is 10.3 Å². The summed E-state index contributed by atoms with van der Waals surface area (Å²) in [7, 11) is 0. The van der Waals surface area contributed by atoms with Crippen LogP contribution in [0.5, 0.6) is 0 Å². The molecule has 2 unspecified atom stereocenters. The lowest BCUT2D eigenvalue weighted by atomic mass is 9.95. The summed E-state index contributed by atoms with van der Waals surface area (Å²) in [5.41, 5.74) is 9.25. The molecule has 5 heteroatoms. The van der Waals surface area contributed by atoms with Gasteiger partial charge in [-0.25, -0.2) is 0 Å². The van der Waals surface area contributed by atoms with E-state index in [9.17, 15) is 0 Å². The summed E-state index contributed by atoms with van der Waals surface area (Å²) in [5, 5.41) is 4.11. The molecule has 112 valence electrons. The molecule has 3 rings (SSSR count). The van der Waals surface area contributed by atoms with E-state index in [1.807, 2.05) is 20.0 Å². The molecule has 0 aliphatic heterocycles. The van der Waals surface area contributed by atoms with Crippen LogP contribution in [0.2, 0.25) is 0 Å². The van der Waals surface area contributed by atoms with Crippen molar-refractivity contribution >= 4 is 0 Å². The van der Waals surface area contributed by atoms with Gasteiger partial charge in [0.05, 0.1) is 5.92 Å². The number of pyridine rings is 1. The van der Waals surface area contributed by atoms with Gasteiger partial charge >= 0.3 is 0 Å². The summed E-state index contributed by atoms with van der Waals surface area (Å²) in [4.78, 5) is 8.99. The van der Waals surface area contributed by atoms with Crippen molar-refractivity contribution in [2.24, 2.45) is 5.73 Å². The van der Waals surface area contributed by atoms with Crippen LogP contribution in [0.25, 0.3) is 11.5 Å². The highest BCUT2D eigenvalue weighted by Gasteiger charge is 2.27. The molecule has 1 aliphatic rings. The zero-order valence-corrected chi connectivity index (χ0v) is 12.7. The van der Waals surface area contributed by atoms with Gasteiger partial charge in [-0.15, -0.1) is 0 Å². The van der Waals surface area contributed by atoms with Gasteiger partial charge in [0.25, 0.3) is 0 Å². The number of aromatic nitrogens is 3. The van der Waals surface area contributed by atoms with Gasteiger partial charge in [-0.1, -0.05) is 30.5 Å². The van der Waals surface area contributed by atoms with E-state index in [1.165, 1.54) is 19.3 Å². The fourth-order valence-corrected chi connectivity index (χ4v) is 3.07. The fourth-order valence-electron chi connectivity index (χ4n) is 3.07. The van der Waals surface area contributed by atoms with Crippen molar-refractivity contribution in [2.75, 3.05) is 0 Å². The molecule has 2 aromatic rings. The third kappa shape index (κ3) is 2.97. The fraction of sp³-hybridized carbons (Fsp3) is 0.562. The lowest BCUT2D eigenvalue weighted by Gasteiger charge is -2.16. The van der Waals surface area contributed by atoms with Crippen LogP contribution in [0.1, 0.15) is 55.0 Å². The van der Waals surface area contributed by atoms with E-state index in [0.717, 1.165) is 29.7 Å². The van der Waals surface area contributed by atoms with E-state index in [1.54, 1.807) is 0 Å². The Bertz CT molecular complexity index is 622. The molecule has 0 spiro atoms. The molecule has 2 N–H and O–H groups in total. The van der Waals surface area contributed by atoms with Gasteiger partial charge < -0.3 is 10.3 Å². The van der Waals surface area contributed by atoms with Crippen LogP contribution in [0.15, 0.2) is 16.8 Å². The molecule has 0 radical (unpaired) electrons. The first-order valence-electron chi connectivity index (χ1n) is 7.68. The molecule has 0 amide bonds. The second kappa shape index (κ2) is 5.93. The third-order valence-corrected chi connectivity index (χ3v) is 4.26. The minimum Gasteiger partial charge on any atom is -0.339 e. The summed E-state index contributed by atoms with van der Waals surface area (Å²) < 4.78 is 5.49. The summed E-state index contributed by atoms with van der Waals surface area (Å²) in [6.07, 6.45) is 7.50. The molecule has 2 aromatic heterocycles. The minimum absolute atomic E-state index is 0.118. The van der Waals surface area contributed by atoms with Crippen molar-refractivity contribution in [3.8, 4) is 11.5 Å². The van der Waals surface area contributed by atoms with Crippen molar-refractivity contribution < 1.29 is 4.52 Å². The smallest absolute Gasteiger partial charge is 0.231 e. The average Bonchev–Trinajstić information content (AvgIpc) is 2.82. The number of aryl methyl sites for hydroxylation is 2. The van der Waals surface area contributed by atoms with Crippen molar-refractivity contribution in [2.45, 2.75) is 57.9 Å². The quantitative estimate of drug-likeness (QED) is 0.858. The summed E-state index contributed by atoms with van der Waals surface area (Å²) in [6.45, 7) is 4.04. The summed E-state index contributed by atoms with van der Waals surface area (Å²) in [5.74, 6) is 1.42. The van der Waals surface area contributed by atoms with Crippen LogP contribution in [0.4, 0.5) is 0 Å². The molecule has 0 bridgehead atoms. The zero-order chi connectivity index (χ0) is 14.8. The predicted octanol–water partition coefficient (Wildman–Crippen LogP) is 3.12. The molecule has 0 saturated heterocycles. The van der Waals surface area contributed by atoms with E-state index >= 15 is 0 Å². The average molecular weight is 286 g/mol. The minimum atomic E-state index is 0.118. The van der Waals surface area contributed by atoms with Crippen molar-refractivity contribution in [3.05, 3.63) is 29.3 Å². The number of nitrogens with zero attached hydrogens (tertiary/aromatic N) is 3. The molecule has 0 aromatic carbocycles. The molecule has 1 fully saturated rings. The first-order valence-corrected chi connectivity index (χ1v) is 7.68. The zero-order valence-electron chi connectivity index (χ0n) is 12.7. The molecular formula is C16H22N4O. The normalized spacial score (nSPS) is 23.0. The summed E-state index contributed by atoms with van der Waals surface area (Å²) in [6, 6.07) is 2.20. The topological polar surface area (TPSA) is 77.8 Å². The van der Waals surface area contributed by atoms with Crippen molar-refractivity contribution in [3.63, 3.8) is 0 Å². The third-order valence-electron chi connectivity index (χ3n) is 4.26. The van der Waals surface area contributed by atoms with E-state index < -0.39 is 0 Å². The Labute approximate surface area is 125 Å². The molecule has 1 saturated carbocycles. The Morgan fingerprint density at radius 1 is 1.19 bits per heavy atom. The van der Waals surface area contributed by atoms with Gasteiger partial charge in [-0.05, 0) is 37.8 Å². The van der Waals surface area contributed by atoms with Crippen LogP contribution >= 0.6 is 0 Å². The van der Waals surface area contributed by atoms with Gasteiger partial charge in [0.15, 0.2) is 0 Å². The molecule has 1 aliphatic carbocycles. The van der Waals surface area contributed by atoms with Crippen molar-refractivity contribution in [1.82, 2.24) is 15.1 Å². The number of nitrogens with two attached hydrogens (primary N) is 1. The Balaban J connectivity index is 1.88. The maximum absolute atomic E-state index is 6.27. The van der Waals surface area contributed by atoms with Crippen LogP contribution in [-0.2, 0) is 0 Å². The van der Waals surface area contributed by atoms with Gasteiger partial charge in [0.1, 0.15) is 5.69 Å². The van der Waals surface area contributed by atoms with Crippen LogP contribution in [0.3, 0.4) is 0 Å². The maximum Gasteiger partial charge on any atom is 0.231 e. The van der Waals surface area contributed by atoms with E-state index in [-0.39, 0.29) is 12.0 Å². The second-order valence-electron chi connectivity index (χ2n) is 6.04. The second-order valence-corrected chi connectivity index (χ2v) is 6.04. The van der Waals surface area contributed by atoms with Gasteiger partial charge in [0.2, 0.25) is 11.7 Å². The lowest BCUT2D eigenvalue weighted by Crippen LogP contribution is -2.27. The molecular weight excluding hydrogens is 264 g/mol. The summed E-state index contributed by atoms with van der Waals surface area (Å²) >= 11 is 0. The van der Waals surface area contributed by atoms with Gasteiger partial charge in [-0.2, -0.15) is 4.98 Å². The van der Waals surface area contributed by atoms with E-state index in [0.29, 0.717) is 11.7 Å². The predicted molar refractivity (Wildman–Crippen MR) is 80.8 cm³/mol.